The number of carboxylic acids is 1. The Morgan fingerprint density at radius 3 is 2.25 bits per heavy atom. The van der Waals surface area contributed by atoms with Crippen molar-refractivity contribution < 1.29 is 9.90 Å². The SMILES string of the molecule is CCC(CC)CN(CC)c1ccc(C=CC(=O)O)cc1. The smallest absolute Gasteiger partial charge is 0.328 e. The molecular weight excluding hydrogens is 250 g/mol. The predicted molar refractivity (Wildman–Crippen MR) is 85.1 cm³/mol. The molecule has 0 saturated heterocycles. The van der Waals surface area contributed by atoms with Gasteiger partial charge in [0, 0.05) is 24.9 Å². The zero-order valence-corrected chi connectivity index (χ0v) is 12.7. The van der Waals surface area contributed by atoms with Crippen LogP contribution in [-0.4, -0.2) is 24.2 Å². The Hall–Kier alpha value is -1.77. The molecule has 1 aromatic rings. The molecule has 1 N–H and O–H groups in total. The molecule has 0 heterocycles. The van der Waals surface area contributed by atoms with Crippen molar-refractivity contribution in [2.45, 2.75) is 33.6 Å². The number of carboxylic acid groups (broad SMARTS) is 1. The van der Waals surface area contributed by atoms with E-state index in [9.17, 15) is 4.79 Å². The van der Waals surface area contributed by atoms with Crippen LogP contribution < -0.4 is 4.90 Å². The molecule has 0 radical (unpaired) electrons. The average molecular weight is 275 g/mol. The highest BCUT2D eigenvalue weighted by Gasteiger charge is 2.10. The van der Waals surface area contributed by atoms with E-state index in [1.165, 1.54) is 18.5 Å². The molecule has 0 bridgehead atoms. The van der Waals surface area contributed by atoms with Crippen LogP contribution in [0.1, 0.15) is 39.2 Å². The van der Waals surface area contributed by atoms with Gasteiger partial charge in [-0.2, -0.15) is 0 Å². The summed E-state index contributed by atoms with van der Waals surface area (Å²) < 4.78 is 0. The minimum absolute atomic E-state index is 0.724. The van der Waals surface area contributed by atoms with Gasteiger partial charge in [-0.25, -0.2) is 4.79 Å². The first-order valence-electron chi connectivity index (χ1n) is 7.36. The molecule has 1 aromatic carbocycles. The first-order chi connectivity index (χ1) is 9.60. The van der Waals surface area contributed by atoms with Gasteiger partial charge in [-0.3, -0.25) is 0 Å². The number of benzene rings is 1. The number of hydrogen-bond acceptors (Lipinski definition) is 2. The molecule has 0 atom stereocenters. The number of hydrogen-bond donors (Lipinski definition) is 1. The van der Waals surface area contributed by atoms with Crippen molar-refractivity contribution in [2.75, 3.05) is 18.0 Å². The Kier molecular flexibility index (Phi) is 6.85. The van der Waals surface area contributed by atoms with Gasteiger partial charge in [-0.05, 0) is 36.6 Å². The maximum Gasteiger partial charge on any atom is 0.328 e. The van der Waals surface area contributed by atoms with Crippen molar-refractivity contribution in [3.8, 4) is 0 Å². The van der Waals surface area contributed by atoms with Crippen LogP contribution >= 0.6 is 0 Å². The third kappa shape index (κ3) is 5.08. The van der Waals surface area contributed by atoms with E-state index in [0.717, 1.165) is 30.6 Å². The van der Waals surface area contributed by atoms with Gasteiger partial charge in [0.25, 0.3) is 0 Å². The summed E-state index contributed by atoms with van der Waals surface area (Å²) in [4.78, 5) is 12.9. The van der Waals surface area contributed by atoms with Crippen molar-refractivity contribution in [1.82, 2.24) is 0 Å². The van der Waals surface area contributed by atoms with Crippen LogP contribution in [0.25, 0.3) is 6.08 Å². The molecule has 3 heteroatoms. The summed E-state index contributed by atoms with van der Waals surface area (Å²) in [5.74, 6) is -0.195. The van der Waals surface area contributed by atoms with E-state index in [1.54, 1.807) is 6.08 Å². The molecule has 0 aliphatic carbocycles. The second-order valence-electron chi connectivity index (χ2n) is 4.98. The van der Waals surface area contributed by atoms with Gasteiger partial charge in [0.15, 0.2) is 0 Å². The van der Waals surface area contributed by atoms with Crippen LogP contribution in [0.4, 0.5) is 5.69 Å². The summed E-state index contributed by atoms with van der Waals surface area (Å²) in [7, 11) is 0. The Bertz CT molecular complexity index is 433. The van der Waals surface area contributed by atoms with E-state index in [1.807, 2.05) is 12.1 Å². The fourth-order valence-electron chi connectivity index (χ4n) is 2.24. The van der Waals surface area contributed by atoms with Crippen molar-refractivity contribution in [2.24, 2.45) is 5.92 Å². The van der Waals surface area contributed by atoms with E-state index in [4.69, 9.17) is 5.11 Å². The van der Waals surface area contributed by atoms with Gasteiger partial charge in [0.2, 0.25) is 0 Å². The number of aliphatic carboxylic acids is 1. The monoisotopic (exact) mass is 275 g/mol. The van der Waals surface area contributed by atoms with Gasteiger partial charge in [0.05, 0.1) is 0 Å². The quantitative estimate of drug-likeness (QED) is 0.728. The Morgan fingerprint density at radius 1 is 1.20 bits per heavy atom. The zero-order chi connectivity index (χ0) is 15.0. The molecule has 0 amide bonds. The number of nitrogens with zero attached hydrogens (tertiary/aromatic N) is 1. The van der Waals surface area contributed by atoms with E-state index in [2.05, 4.69) is 37.8 Å². The number of carbonyl (C=O) groups is 1. The van der Waals surface area contributed by atoms with Crippen molar-refractivity contribution >= 4 is 17.7 Å². The summed E-state index contributed by atoms with van der Waals surface area (Å²) in [6.45, 7) is 8.71. The van der Waals surface area contributed by atoms with Gasteiger partial charge < -0.3 is 10.0 Å². The third-order valence-electron chi connectivity index (χ3n) is 3.69. The summed E-state index contributed by atoms with van der Waals surface area (Å²) >= 11 is 0. The van der Waals surface area contributed by atoms with Crippen LogP contribution in [0.2, 0.25) is 0 Å². The molecule has 110 valence electrons. The lowest BCUT2D eigenvalue weighted by atomic mass is 10.0. The fourth-order valence-corrected chi connectivity index (χ4v) is 2.24. The zero-order valence-electron chi connectivity index (χ0n) is 12.7. The average Bonchev–Trinajstić information content (AvgIpc) is 2.47. The highest BCUT2D eigenvalue weighted by atomic mass is 16.4. The Morgan fingerprint density at radius 2 is 1.80 bits per heavy atom. The summed E-state index contributed by atoms with van der Waals surface area (Å²) in [6.07, 6.45) is 5.18. The topological polar surface area (TPSA) is 40.5 Å². The molecular formula is C17H25NO2. The first kappa shape index (κ1) is 16.3. The van der Waals surface area contributed by atoms with Gasteiger partial charge in [-0.1, -0.05) is 38.8 Å². The van der Waals surface area contributed by atoms with Crippen molar-refractivity contribution in [3.05, 3.63) is 35.9 Å². The Labute approximate surface area is 121 Å². The first-order valence-corrected chi connectivity index (χ1v) is 7.36. The molecule has 0 aliphatic heterocycles. The van der Waals surface area contributed by atoms with Crippen LogP contribution in [0.5, 0.6) is 0 Å². The molecule has 0 spiro atoms. The van der Waals surface area contributed by atoms with E-state index in [0.29, 0.717) is 0 Å². The third-order valence-corrected chi connectivity index (χ3v) is 3.69. The number of rotatable bonds is 8. The van der Waals surface area contributed by atoms with E-state index in [-0.39, 0.29) is 0 Å². The maximum atomic E-state index is 10.5. The lowest BCUT2D eigenvalue weighted by molar-refractivity contribution is -0.131. The van der Waals surface area contributed by atoms with Crippen LogP contribution in [-0.2, 0) is 4.79 Å². The second kappa shape index (κ2) is 8.41. The minimum Gasteiger partial charge on any atom is -0.478 e. The molecule has 0 fully saturated rings. The molecule has 0 saturated carbocycles. The van der Waals surface area contributed by atoms with Gasteiger partial charge in [0.1, 0.15) is 0 Å². The molecule has 1 rings (SSSR count). The highest BCUT2D eigenvalue weighted by molar-refractivity contribution is 5.85. The predicted octanol–water partition coefficient (Wildman–Crippen LogP) is 4.05. The van der Waals surface area contributed by atoms with Crippen molar-refractivity contribution in [3.63, 3.8) is 0 Å². The summed E-state index contributed by atoms with van der Waals surface area (Å²) in [5, 5.41) is 8.61. The fraction of sp³-hybridized carbons (Fsp3) is 0.471. The van der Waals surface area contributed by atoms with Gasteiger partial charge in [-0.15, -0.1) is 0 Å². The molecule has 20 heavy (non-hydrogen) atoms. The second-order valence-corrected chi connectivity index (χ2v) is 4.98. The lowest BCUT2D eigenvalue weighted by Gasteiger charge is -2.27. The van der Waals surface area contributed by atoms with E-state index >= 15 is 0 Å². The highest BCUT2D eigenvalue weighted by Crippen LogP contribution is 2.19. The number of anilines is 1. The summed E-state index contributed by atoms with van der Waals surface area (Å²) in [5.41, 5.74) is 2.11. The molecule has 3 nitrogen and oxygen atoms in total. The van der Waals surface area contributed by atoms with Crippen LogP contribution in [0.3, 0.4) is 0 Å². The molecule has 0 aliphatic rings. The Balaban J connectivity index is 2.76. The molecule has 0 unspecified atom stereocenters. The molecule has 0 aromatic heterocycles. The van der Waals surface area contributed by atoms with Gasteiger partial charge >= 0.3 is 5.97 Å². The minimum atomic E-state index is -0.919. The largest absolute Gasteiger partial charge is 0.478 e. The normalized spacial score (nSPS) is 11.2. The van der Waals surface area contributed by atoms with E-state index < -0.39 is 5.97 Å². The standard InChI is InChI=1S/C17H25NO2/c1-4-14(5-2)13-18(6-3)16-10-7-15(8-11-16)9-12-17(19)20/h7-12,14H,4-6,13H2,1-3H3,(H,19,20). The lowest BCUT2D eigenvalue weighted by Crippen LogP contribution is -2.28. The van der Waals surface area contributed by atoms with Crippen LogP contribution in [0.15, 0.2) is 30.3 Å². The summed E-state index contributed by atoms with van der Waals surface area (Å²) in [6, 6.07) is 8.05. The van der Waals surface area contributed by atoms with Crippen LogP contribution in [0, 0.1) is 5.92 Å². The van der Waals surface area contributed by atoms with Crippen molar-refractivity contribution in [1.29, 1.82) is 0 Å². The maximum absolute atomic E-state index is 10.5.